The lowest BCUT2D eigenvalue weighted by molar-refractivity contribution is 0.0707. The zero-order valence-electron chi connectivity index (χ0n) is 11.6. The molecule has 0 unspecified atom stereocenters. The van der Waals surface area contributed by atoms with Gasteiger partial charge in [0.15, 0.2) is 0 Å². The Bertz CT molecular complexity index is 593. The summed E-state index contributed by atoms with van der Waals surface area (Å²) in [6, 6.07) is 4.09. The molecule has 1 aliphatic rings. The second-order valence-electron chi connectivity index (χ2n) is 5.27. The van der Waals surface area contributed by atoms with Gasteiger partial charge in [0.25, 0.3) is 5.91 Å². The summed E-state index contributed by atoms with van der Waals surface area (Å²) in [5.74, 6) is 0.490. The smallest absolute Gasteiger partial charge is 0.257 e. The van der Waals surface area contributed by atoms with Gasteiger partial charge in [0.1, 0.15) is 0 Å². The number of pyridine rings is 1. The van der Waals surface area contributed by atoms with Crippen LogP contribution in [-0.4, -0.2) is 38.7 Å². The Morgan fingerprint density at radius 2 is 2.15 bits per heavy atom. The normalized spacial score (nSPS) is 19.1. The van der Waals surface area contributed by atoms with Crippen molar-refractivity contribution in [2.75, 3.05) is 13.1 Å². The minimum Gasteiger partial charge on any atom is -0.338 e. The van der Waals surface area contributed by atoms with Gasteiger partial charge in [-0.15, -0.1) is 0 Å². The van der Waals surface area contributed by atoms with E-state index in [0.717, 1.165) is 25.9 Å². The van der Waals surface area contributed by atoms with Crippen LogP contribution in [0.25, 0.3) is 0 Å². The molecule has 104 valence electrons. The van der Waals surface area contributed by atoms with Gasteiger partial charge in [-0.25, -0.2) is 0 Å². The second kappa shape index (κ2) is 5.45. The van der Waals surface area contributed by atoms with Crippen LogP contribution in [-0.2, 0) is 7.05 Å². The number of hydrogen-bond donors (Lipinski definition) is 0. The number of amides is 1. The highest BCUT2D eigenvalue weighted by molar-refractivity contribution is 5.93. The van der Waals surface area contributed by atoms with Crippen molar-refractivity contribution in [3.8, 4) is 0 Å². The maximum Gasteiger partial charge on any atom is 0.257 e. The molecule has 0 aliphatic carbocycles. The SMILES string of the molecule is Cn1cc(C(=O)N2CCC[C@H](c3ccncc3)C2)cn1. The summed E-state index contributed by atoms with van der Waals surface area (Å²) in [6.07, 6.45) is 9.21. The quantitative estimate of drug-likeness (QED) is 0.836. The number of nitrogens with zero attached hydrogens (tertiary/aromatic N) is 4. The fraction of sp³-hybridized carbons (Fsp3) is 0.400. The van der Waals surface area contributed by atoms with Gasteiger partial charge in [-0.05, 0) is 30.5 Å². The van der Waals surface area contributed by atoms with Gasteiger partial charge in [-0.3, -0.25) is 14.5 Å². The zero-order valence-corrected chi connectivity index (χ0v) is 11.6. The zero-order chi connectivity index (χ0) is 13.9. The summed E-state index contributed by atoms with van der Waals surface area (Å²) >= 11 is 0. The maximum absolute atomic E-state index is 12.5. The van der Waals surface area contributed by atoms with Crippen molar-refractivity contribution >= 4 is 5.91 Å². The van der Waals surface area contributed by atoms with Crippen LogP contribution < -0.4 is 0 Å². The maximum atomic E-state index is 12.5. The van der Waals surface area contributed by atoms with Crippen molar-refractivity contribution in [2.24, 2.45) is 7.05 Å². The molecule has 0 N–H and O–H groups in total. The molecule has 20 heavy (non-hydrogen) atoms. The summed E-state index contributed by atoms with van der Waals surface area (Å²) in [6.45, 7) is 1.60. The highest BCUT2D eigenvalue weighted by Gasteiger charge is 2.25. The molecule has 1 amide bonds. The van der Waals surface area contributed by atoms with E-state index in [1.54, 1.807) is 17.1 Å². The number of hydrogen-bond acceptors (Lipinski definition) is 3. The van der Waals surface area contributed by atoms with E-state index in [-0.39, 0.29) is 5.91 Å². The van der Waals surface area contributed by atoms with Gasteiger partial charge in [0.2, 0.25) is 0 Å². The Morgan fingerprint density at radius 1 is 1.35 bits per heavy atom. The molecule has 0 spiro atoms. The number of piperidine rings is 1. The lowest BCUT2D eigenvalue weighted by atomic mass is 9.91. The number of aromatic nitrogens is 3. The summed E-state index contributed by atoms with van der Waals surface area (Å²) in [7, 11) is 1.83. The molecule has 0 aromatic carbocycles. The Hall–Kier alpha value is -2.17. The number of likely N-dealkylation sites (tertiary alicyclic amines) is 1. The number of aryl methyl sites for hydroxylation is 1. The van der Waals surface area contributed by atoms with Crippen LogP contribution in [0, 0.1) is 0 Å². The molecule has 0 bridgehead atoms. The first kappa shape index (κ1) is 12.8. The first-order valence-corrected chi connectivity index (χ1v) is 6.92. The largest absolute Gasteiger partial charge is 0.338 e. The highest BCUT2D eigenvalue weighted by Crippen LogP contribution is 2.27. The molecule has 2 aromatic heterocycles. The first-order valence-electron chi connectivity index (χ1n) is 6.92. The third-order valence-corrected chi connectivity index (χ3v) is 3.84. The molecule has 1 atom stereocenters. The van der Waals surface area contributed by atoms with Crippen molar-refractivity contribution in [3.05, 3.63) is 48.0 Å². The standard InChI is InChI=1S/C15H18N4O/c1-18-10-14(9-17-18)15(20)19-8-2-3-13(11-19)12-4-6-16-7-5-12/h4-7,9-10,13H,2-3,8,11H2,1H3/t13-/m0/s1. The monoisotopic (exact) mass is 270 g/mol. The molecule has 3 heterocycles. The Morgan fingerprint density at radius 3 is 2.85 bits per heavy atom. The average Bonchev–Trinajstić information content (AvgIpc) is 2.94. The van der Waals surface area contributed by atoms with Crippen LogP contribution in [0.2, 0.25) is 0 Å². The summed E-state index contributed by atoms with van der Waals surface area (Å²) in [5, 5.41) is 4.07. The Balaban J connectivity index is 1.74. The minimum absolute atomic E-state index is 0.0804. The fourth-order valence-electron chi connectivity index (χ4n) is 2.78. The number of rotatable bonds is 2. The van der Waals surface area contributed by atoms with Crippen molar-refractivity contribution in [1.29, 1.82) is 0 Å². The lowest BCUT2D eigenvalue weighted by Gasteiger charge is -2.32. The molecule has 1 fully saturated rings. The second-order valence-corrected chi connectivity index (χ2v) is 5.27. The molecule has 0 saturated carbocycles. The Labute approximate surface area is 118 Å². The van der Waals surface area contributed by atoms with Crippen LogP contribution in [0.1, 0.15) is 34.7 Å². The third kappa shape index (κ3) is 2.57. The van der Waals surface area contributed by atoms with Crippen molar-refractivity contribution in [1.82, 2.24) is 19.7 Å². The summed E-state index contributed by atoms with van der Waals surface area (Å²) in [4.78, 5) is 18.4. The molecule has 0 radical (unpaired) electrons. The van der Waals surface area contributed by atoms with E-state index in [1.165, 1.54) is 5.56 Å². The predicted octanol–water partition coefficient (Wildman–Crippen LogP) is 1.83. The number of carbonyl (C=O) groups excluding carboxylic acids is 1. The minimum atomic E-state index is 0.0804. The van der Waals surface area contributed by atoms with E-state index < -0.39 is 0 Å². The van der Waals surface area contributed by atoms with Gasteiger partial charge < -0.3 is 4.90 Å². The van der Waals surface area contributed by atoms with E-state index in [9.17, 15) is 4.79 Å². The summed E-state index contributed by atoms with van der Waals surface area (Å²) < 4.78 is 1.66. The van der Waals surface area contributed by atoms with Crippen molar-refractivity contribution in [3.63, 3.8) is 0 Å². The van der Waals surface area contributed by atoms with Crippen LogP contribution >= 0.6 is 0 Å². The van der Waals surface area contributed by atoms with E-state index >= 15 is 0 Å². The third-order valence-electron chi connectivity index (χ3n) is 3.84. The van der Waals surface area contributed by atoms with Crippen LogP contribution in [0.15, 0.2) is 36.9 Å². The van der Waals surface area contributed by atoms with E-state index in [0.29, 0.717) is 11.5 Å². The van der Waals surface area contributed by atoms with Crippen LogP contribution in [0.5, 0.6) is 0 Å². The molecule has 3 rings (SSSR count). The Kier molecular flexibility index (Phi) is 3.50. The van der Waals surface area contributed by atoms with Crippen molar-refractivity contribution in [2.45, 2.75) is 18.8 Å². The van der Waals surface area contributed by atoms with Gasteiger partial charge >= 0.3 is 0 Å². The van der Waals surface area contributed by atoms with Gasteiger partial charge in [0.05, 0.1) is 11.8 Å². The molecular formula is C15H18N4O. The number of carbonyl (C=O) groups is 1. The molecule has 5 heteroatoms. The van der Waals surface area contributed by atoms with Crippen LogP contribution in [0.4, 0.5) is 0 Å². The average molecular weight is 270 g/mol. The van der Waals surface area contributed by atoms with Crippen LogP contribution in [0.3, 0.4) is 0 Å². The topological polar surface area (TPSA) is 51.0 Å². The summed E-state index contributed by atoms with van der Waals surface area (Å²) in [5.41, 5.74) is 1.94. The lowest BCUT2D eigenvalue weighted by Crippen LogP contribution is -2.39. The van der Waals surface area contributed by atoms with E-state index in [2.05, 4.69) is 10.1 Å². The van der Waals surface area contributed by atoms with E-state index in [1.807, 2.05) is 36.5 Å². The molecular weight excluding hydrogens is 252 g/mol. The van der Waals surface area contributed by atoms with Gasteiger partial charge in [0, 0.05) is 44.6 Å². The van der Waals surface area contributed by atoms with Crippen molar-refractivity contribution < 1.29 is 4.79 Å². The molecule has 5 nitrogen and oxygen atoms in total. The fourth-order valence-corrected chi connectivity index (χ4v) is 2.78. The van der Waals surface area contributed by atoms with Gasteiger partial charge in [-0.1, -0.05) is 0 Å². The molecule has 1 aliphatic heterocycles. The molecule has 1 saturated heterocycles. The highest BCUT2D eigenvalue weighted by atomic mass is 16.2. The van der Waals surface area contributed by atoms with Gasteiger partial charge in [-0.2, -0.15) is 5.10 Å². The predicted molar refractivity (Wildman–Crippen MR) is 75.3 cm³/mol. The molecule has 2 aromatic rings. The van der Waals surface area contributed by atoms with E-state index in [4.69, 9.17) is 0 Å². The first-order chi connectivity index (χ1) is 9.74.